The van der Waals surface area contributed by atoms with Crippen LogP contribution in [0.15, 0.2) is 30.3 Å². The second-order valence-electron chi connectivity index (χ2n) is 4.85. The van der Waals surface area contributed by atoms with E-state index in [0.29, 0.717) is 13.0 Å². The lowest BCUT2D eigenvalue weighted by atomic mass is 10.0. The summed E-state index contributed by atoms with van der Waals surface area (Å²) in [7, 11) is 1.60. The van der Waals surface area contributed by atoms with Gasteiger partial charge in [-0.3, -0.25) is 4.79 Å². The van der Waals surface area contributed by atoms with Crippen LogP contribution in [0.5, 0.6) is 5.75 Å². The fraction of sp³-hybridized carbons (Fsp3) is 0.400. The summed E-state index contributed by atoms with van der Waals surface area (Å²) in [4.78, 5) is 11.7. The Bertz CT molecular complexity index is 492. The van der Waals surface area contributed by atoms with Gasteiger partial charge < -0.3 is 19.9 Å². The van der Waals surface area contributed by atoms with E-state index in [1.807, 2.05) is 24.3 Å². The smallest absolute Gasteiger partial charge is 0.244 e. The highest BCUT2D eigenvalue weighted by molar-refractivity contribution is 5.91. The van der Waals surface area contributed by atoms with E-state index in [-0.39, 0.29) is 19.1 Å². The molecule has 0 aliphatic carbocycles. The number of amides is 1. The summed E-state index contributed by atoms with van der Waals surface area (Å²) in [6.07, 6.45) is 3.69. The molecule has 0 bridgehead atoms. The number of rotatable bonds is 5. The van der Waals surface area contributed by atoms with E-state index in [0.717, 1.165) is 11.3 Å². The SMILES string of the molecule is COc1cccc(/C=C/C(=O)NCC2(O)CCOC2)c1. The maximum absolute atomic E-state index is 11.7. The lowest BCUT2D eigenvalue weighted by molar-refractivity contribution is -0.117. The van der Waals surface area contributed by atoms with Crippen LogP contribution in [0.2, 0.25) is 0 Å². The molecular weight excluding hydrogens is 258 g/mol. The van der Waals surface area contributed by atoms with Crippen molar-refractivity contribution < 1.29 is 19.4 Å². The van der Waals surface area contributed by atoms with Crippen molar-refractivity contribution in [1.29, 1.82) is 0 Å². The second kappa shape index (κ2) is 6.54. The summed E-state index contributed by atoms with van der Waals surface area (Å²) in [6, 6.07) is 7.41. The first kappa shape index (κ1) is 14.6. The molecule has 1 atom stereocenters. The quantitative estimate of drug-likeness (QED) is 0.787. The zero-order valence-electron chi connectivity index (χ0n) is 11.5. The number of aliphatic hydroxyl groups is 1. The van der Waals surface area contributed by atoms with Gasteiger partial charge in [-0.15, -0.1) is 0 Å². The highest BCUT2D eigenvalue weighted by Crippen LogP contribution is 2.17. The molecule has 1 heterocycles. The van der Waals surface area contributed by atoms with Crippen molar-refractivity contribution in [2.75, 3.05) is 26.9 Å². The van der Waals surface area contributed by atoms with Gasteiger partial charge in [-0.05, 0) is 23.8 Å². The minimum Gasteiger partial charge on any atom is -0.497 e. The number of ether oxygens (including phenoxy) is 2. The predicted octanol–water partition coefficient (Wildman–Crippen LogP) is 0.976. The molecule has 2 rings (SSSR count). The number of carbonyl (C=O) groups excluding carboxylic acids is 1. The molecule has 1 amide bonds. The molecule has 1 aliphatic heterocycles. The molecule has 5 nitrogen and oxygen atoms in total. The summed E-state index contributed by atoms with van der Waals surface area (Å²) in [5.41, 5.74) is -0.0539. The van der Waals surface area contributed by atoms with E-state index in [2.05, 4.69) is 5.32 Å². The van der Waals surface area contributed by atoms with Crippen molar-refractivity contribution in [3.05, 3.63) is 35.9 Å². The Morgan fingerprint density at radius 3 is 3.15 bits per heavy atom. The molecule has 0 radical (unpaired) electrons. The number of hydrogen-bond acceptors (Lipinski definition) is 4. The average Bonchev–Trinajstić information content (AvgIpc) is 2.90. The number of methoxy groups -OCH3 is 1. The van der Waals surface area contributed by atoms with Gasteiger partial charge in [-0.1, -0.05) is 12.1 Å². The Morgan fingerprint density at radius 1 is 1.60 bits per heavy atom. The van der Waals surface area contributed by atoms with Gasteiger partial charge in [-0.25, -0.2) is 0 Å². The first-order valence-electron chi connectivity index (χ1n) is 6.51. The molecule has 108 valence electrons. The van der Waals surface area contributed by atoms with Gasteiger partial charge in [0.25, 0.3) is 0 Å². The molecule has 0 saturated carbocycles. The van der Waals surface area contributed by atoms with Gasteiger partial charge in [-0.2, -0.15) is 0 Å². The predicted molar refractivity (Wildman–Crippen MR) is 75.4 cm³/mol. The standard InChI is InChI=1S/C15H19NO4/c1-19-13-4-2-3-12(9-13)5-6-14(17)16-10-15(18)7-8-20-11-15/h2-6,9,18H,7-8,10-11H2,1H3,(H,16,17)/b6-5+. The molecule has 0 spiro atoms. The van der Waals surface area contributed by atoms with Crippen molar-refractivity contribution in [1.82, 2.24) is 5.32 Å². The Kier molecular flexibility index (Phi) is 4.76. The highest BCUT2D eigenvalue weighted by atomic mass is 16.5. The van der Waals surface area contributed by atoms with Crippen LogP contribution in [0.1, 0.15) is 12.0 Å². The van der Waals surface area contributed by atoms with E-state index in [9.17, 15) is 9.90 Å². The first-order chi connectivity index (χ1) is 9.61. The van der Waals surface area contributed by atoms with Crippen molar-refractivity contribution in [2.24, 2.45) is 0 Å². The van der Waals surface area contributed by atoms with Crippen LogP contribution in [0.3, 0.4) is 0 Å². The highest BCUT2D eigenvalue weighted by Gasteiger charge is 2.32. The summed E-state index contributed by atoms with van der Waals surface area (Å²) < 4.78 is 10.2. The maximum Gasteiger partial charge on any atom is 0.244 e. The Morgan fingerprint density at radius 2 is 2.45 bits per heavy atom. The van der Waals surface area contributed by atoms with Gasteiger partial charge in [0, 0.05) is 25.6 Å². The summed E-state index contributed by atoms with van der Waals surface area (Å²) in [5, 5.41) is 12.7. The van der Waals surface area contributed by atoms with E-state index < -0.39 is 5.60 Å². The largest absolute Gasteiger partial charge is 0.497 e. The van der Waals surface area contributed by atoms with E-state index >= 15 is 0 Å². The van der Waals surface area contributed by atoms with E-state index in [1.165, 1.54) is 6.08 Å². The van der Waals surface area contributed by atoms with Crippen LogP contribution in [0.4, 0.5) is 0 Å². The number of benzene rings is 1. The lowest BCUT2D eigenvalue weighted by Crippen LogP contribution is -2.42. The summed E-state index contributed by atoms with van der Waals surface area (Å²) in [5.74, 6) is 0.498. The van der Waals surface area contributed by atoms with Gasteiger partial charge in [0.1, 0.15) is 11.4 Å². The minimum absolute atomic E-state index is 0.203. The molecule has 1 unspecified atom stereocenters. The van der Waals surface area contributed by atoms with Gasteiger partial charge >= 0.3 is 0 Å². The van der Waals surface area contributed by atoms with Crippen LogP contribution in [-0.2, 0) is 9.53 Å². The number of carbonyl (C=O) groups is 1. The fourth-order valence-corrected chi connectivity index (χ4v) is 1.96. The van der Waals surface area contributed by atoms with Crippen LogP contribution in [-0.4, -0.2) is 43.5 Å². The van der Waals surface area contributed by atoms with Gasteiger partial charge in [0.2, 0.25) is 5.91 Å². The molecule has 20 heavy (non-hydrogen) atoms. The third kappa shape index (κ3) is 4.08. The van der Waals surface area contributed by atoms with E-state index in [4.69, 9.17) is 9.47 Å². The first-order valence-corrected chi connectivity index (χ1v) is 6.51. The van der Waals surface area contributed by atoms with Crippen molar-refractivity contribution in [2.45, 2.75) is 12.0 Å². The van der Waals surface area contributed by atoms with Gasteiger partial charge in [0.05, 0.1) is 13.7 Å². The van der Waals surface area contributed by atoms with Crippen LogP contribution in [0, 0.1) is 0 Å². The molecule has 1 saturated heterocycles. The Hall–Kier alpha value is -1.85. The summed E-state index contributed by atoms with van der Waals surface area (Å²) in [6.45, 7) is 1.01. The molecule has 0 aromatic heterocycles. The normalized spacial score (nSPS) is 22.1. The number of nitrogens with one attached hydrogen (secondary N) is 1. The average molecular weight is 277 g/mol. The van der Waals surface area contributed by atoms with E-state index in [1.54, 1.807) is 13.2 Å². The molecule has 2 N–H and O–H groups in total. The third-order valence-electron chi connectivity index (χ3n) is 3.20. The van der Waals surface area contributed by atoms with Crippen molar-refractivity contribution in [3.63, 3.8) is 0 Å². The number of hydrogen-bond donors (Lipinski definition) is 2. The third-order valence-corrected chi connectivity index (χ3v) is 3.20. The maximum atomic E-state index is 11.7. The summed E-state index contributed by atoms with van der Waals surface area (Å²) >= 11 is 0. The topological polar surface area (TPSA) is 67.8 Å². The molecule has 1 aromatic carbocycles. The fourth-order valence-electron chi connectivity index (χ4n) is 1.96. The van der Waals surface area contributed by atoms with Crippen molar-refractivity contribution in [3.8, 4) is 5.75 Å². The minimum atomic E-state index is -0.931. The molecule has 1 fully saturated rings. The lowest BCUT2D eigenvalue weighted by Gasteiger charge is -2.19. The molecular formula is C15H19NO4. The van der Waals surface area contributed by atoms with Gasteiger partial charge in [0.15, 0.2) is 0 Å². The Labute approximate surface area is 118 Å². The van der Waals surface area contributed by atoms with Crippen LogP contribution < -0.4 is 10.1 Å². The second-order valence-corrected chi connectivity index (χ2v) is 4.85. The van der Waals surface area contributed by atoms with Crippen molar-refractivity contribution >= 4 is 12.0 Å². The molecule has 1 aliphatic rings. The Balaban J connectivity index is 1.85. The van der Waals surface area contributed by atoms with Crippen LogP contribution in [0.25, 0.3) is 6.08 Å². The monoisotopic (exact) mass is 277 g/mol. The van der Waals surface area contributed by atoms with Crippen LogP contribution >= 0.6 is 0 Å². The zero-order chi connectivity index (χ0) is 14.4. The zero-order valence-corrected chi connectivity index (χ0v) is 11.5. The molecule has 5 heteroatoms. The molecule has 1 aromatic rings.